The number of hydrogen-bond donors (Lipinski definition) is 0. The van der Waals surface area contributed by atoms with E-state index in [1.165, 1.54) is 30.0 Å². The van der Waals surface area contributed by atoms with Crippen molar-refractivity contribution in [3.05, 3.63) is 70.3 Å². The molecule has 0 aliphatic rings. The third-order valence-electron chi connectivity index (χ3n) is 2.82. The number of nitrogens with zero attached hydrogens (tertiary/aromatic N) is 2. The summed E-state index contributed by atoms with van der Waals surface area (Å²) >= 11 is 1.37. The maximum atomic E-state index is 10.9. The second-order valence-corrected chi connectivity index (χ2v) is 5.34. The summed E-state index contributed by atoms with van der Waals surface area (Å²) in [5.41, 5.74) is 0.633. The quantitative estimate of drug-likeness (QED) is 0.357. The smallest absolute Gasteiger partial charge is 0.270 e. The van der Waals surface area contributed by atoms with E-state index in [1.54, 1.807) is 19.2 Å². The molecule has 0 fully saturated rings. The molecule has 0 N–H and O–H groups in total. The standard InChI is InChI=1S/C16H12N2O3S/c1-21-14-5-7-15(8-6-14)22-16(9-10-17)12-3-2-4-13(11-12)18(19)20/h2-9,11H,1H3/b16-9-. The van der Waals surface area contributed by atoms with Crippen molar-refractivity contribution in [1.29, 1.82) is 5.26 Å². The number of thioether (sulfide) groups is 1. The van der Waals surface area contributed by atoms with Crippen molar-refractivity contribution in [3.8, 4) is 11.8 Å². The molecule has 6 heteroatoms. The van der Waals surface area contributed by atoms with E-state index in [-0.39, 0.29) is 5.69 Å². The SMILES string of the molecule is COc1ccc(S/C(=C\C#N)c2cccc([N+](=O)[O-])c2)cc1. The number of methoxy groups -OCH3 is 1. The number of non-ortho nitro benzene ring substituents is 1. The van der Waals surface area contributed by atoms with Gasteiger partial charge in [-0.25, -0.2) is 0 Å². The molecule has 5 nitrogen and oxygen atoms in total. The highest BCUT2D eigenvalue weighted by Crippen LogP contribution is 2.35. The highest BCUT2D eigenvalue weighted by Gasteiger charge is 2.10. The Morgan fingerprint density at radius 1 is 1.32 bits per heavy atom. The highest BCUT2D eigenvalue weighted by molar-refractivity contribution is 8.08. The van der Waals surface area contributed by atoms with Crippen molar-refractivity contribution in [2.45, 2.75) is 4.90 Å². The van der Waals surface area contributed by atoms with E-state index in [1.807, 2.05) is 30.3 Å². The molecule has 110 valence electrons. The van der Waals surface area contributed by atoms with Crippen LogP contribution in [0.5, 0.6) is 5.75 Å². The molecule has 0 atom stereocenters. The van der Waals surface area contributed by atoms with Crippen LogP contribution in [-0.4, -0.2) is 12.0 Å². The fourth-order valence-corrected chi connectivity index (χ4v) is 2.66. The fourth-order valence-electron chi connectivity index (χ4n) is 1.77. The summed E-state index contributed by atoms with van der Waals surface area (Å²) in [6.45, 7) is 0. The number of nitro benzene ring substituents is 1. The Labute approximate surface area is 132 Å². The lowest BCUT2D eigenvalue weighted by atomic mass is 10.2. The Balaban J connectivity index is 2.30. The van der Waals surface area contributed by atoms with Crippen LogP contribution in [0, 0.1) is 21.4 Å². The number of rotatable bonds is 5. The summed E-state index contributed by atoms with van der Waals surface area (Å²) in [6.07, 6.45) is 1.38. The topological polar surface area (TPSA) is 76.2 Å². The molecule has 22 heavy (non-hydrogen) atoms. The first kappa shape index (κ1) is 15.6. The summed E-state index contributed by atoms with van der Waals surface area (Å²) in [7, 11) is 1.59. The lowest BCUT2D eigenvalue weighted by Crippen LogP contribution is -1.89. The zero-order chi connectivity index (χ0) is 15.9. The van der Waals surface area contributed by atoms with E-state index >= 15 is 0 Å². The molecule has 0 saturated heterocycles. The zero-order valence-electron chi connectivity index (χ0n) is 11.7. The molecule has 0 aliphatic carbocycles. The molecule has 0 unspecified atom stereocenters. The fraction of sp³-hybridized carbons (Fsp3) is 0.0625. The second kappa shape index (κ2) is 7.29. The van der Waals surface area contributed by atoms with Gasteiger partial charge in [-0.05, 0) is 29.8 Å². The van der Waals surface area contributed by atoms with Crippen LogP contribution in [0.1, 0.15) is 5.56 Å². The van der Waals surface area contributed by atoms with Gasteiger partial charge in [0.15, 0.2) is 0 Å². The minimum Gasteiger partial charge on any atom is -0.497 e. The third kappa shape index (κ3) is 3.87. The predicted molar refractivity (Wildman–Crippen MR) is 85.5 cm³/mol. The van der Waals surface area contributed by atoms with Crippen LogP contribution >= 0.6 is 11.8 Å². The molecule has 2 rings (SSSR count). The van der Waals surface area contributed by atoms with Gasteiger partial charge in [-0.3, -0.25) is 10.1 Å². The molecular formula is C16H12N2O3S. The van der Waals surface area contributed by atoms with Crippen LogP contribution in [0.15, 0.2) is 59.5 Å². The van der Waals surface area contributed by atoms with Gasteiger partial charge in [0.25, 0.3) is 5.69 Å². The summed E-state index contributed by atoms with van der Waals surface area (Å²) < 4.78 is 5.10. The Morgan fingerprint density at radius 3 is 2.64 bits per heavy atom. The van der Waals surface area contributed by atoms with Gasteiger partial charge in [-0.1, -0.05) is 23.9 Å². The molecular weight excluding hydrogens is 300 g/mol. The average molecular weight is 312 g/mol. The number of ether oxygens (including phenoxy) is 1. The van der Waals surface area contributed by atoms with Gasteiger partial charge < -0.3 is 4.74 Å². The Kier molecular flexibility index (Phi) is 5.17. The van der Waals surface area contributed by atoms with Crippen molar-refractivity contribution in [2.24, 2.45) is 0 Å². The van der Waals surface area contributed by atoms with Crippen LogP contribution in [0.4, 0.5) is 5.69 Å². The van der Waals surface area contributed by atoms with Crippen molar-refractivity contribution in [1.82, 2.24) is 0 Å². The zero-order valence-corrected chi connectivity index (χ0v) is 12.5. The predicted octanol–water partition coefficient (Wildman–Crippen LogP) is 4.26. The summed E-state index contributed by atoms with van der Waals surface area (Å²) in [6, 6.07) is 15.6. The van der Waals surface area contributed by atoms with Crippen LogP contribution in [0.2, 0.25) is 0 Å². The third-order valence-corrected chi connectivity index (χ3v) is 3.91. The van der Waals surface area contributed by atoms with E-state index in [4.69, 9.17) is 10.00 Å². The average Bonchev–Trinajstić information content (AvgIpc) is 2.55. The second-order valence-electron chi connectivity index (χ2n) is 4.22. The number of hydrogen-bond acceptors (Lipinski definition) is 5. The lowest BCUT2D eigenvalue weighted by Gasteiger charge is -2.07. The first-order valence-electron chi connectivity index (χ1n) is 6.30. The normalized spacial score (nSPS) is 10.8. The van der Waals surface area contributed by atoms with Gasteiger partial charge in [0.05, 0.1) is 18.1 Å². The minimum absolute atomic E-state index is 0.00308. The van der Waals surface area contributed by atoms with Crippen molar-refractivity contribution in [2.75, 3.05) is 7.11 Å². The molecule has 0 aromatic heterocycles. The van der Waals surface area contributed by atoms with Crippen LogP contribution in [-0.2, 0) is 0 Å². The molecule has 2 aromatic carbocycles. The van der Waals surface area contributed by atoms with Gasteiger partial charge >= 0.3 is 0 Å². The van der Waals surface area contributed by atoms with Gasteiger partial charge in [0.1, 0.15) is 5.75 Å². The lowest BCUT2D eigenvalue weighted by molar-refractivity contribution is -0.384. The molecule has 0 saturated carbocycles. The molecule has 0 bridgehead atoms. The Hall–Kier alpha value is -2.78. The summed E-state index contributed by atoms with van der Waals surface area (Å²) in [5.74, 6) is 0.741. The van der Waals surface area contributed by atoms with Gasteiger partial charge in [-0.15, -0.1) is 0 Å². The molecule has 2 aromatic rings. The molecule has 0 radical (unpaired) electrons. The summed E-state index contributed by atoms with van der Waals surface area (Å²) in [4.78, 5) is 12.0. The number of benzene rings is 2. The van der Waals surface area contributed by atoms with Crippen LogP contribution in [0.25, 0.3) is 4.91 Å². The van der Waals surface area contributed by atoms with Crippen molar-refractivity contribution in [3.63, 3.8) is 0 Å². The Bertz CT molecular complexity index is 749. The van der Waals surface area contributed by atoms with E-state index in [9.17, 15) is 10.1 Å². The first-order valence-corrected chi connectivity index (χ1v) is 7.12. The van der Waals surface area contributed by atoms with E-state index in [0.29, 0.717) is 10.5 Å². The van der Waals surface area contributed by atoms with E-state index < -0.39 is 4.92 Å². The maximum Gasteiger partial charge on any atom is 0.270 e. The number of nitriles is 1. The van der Waals surface area contributed by atoms with Gasteiger partial charge in [0.2, 0.25) is 0 Å². The Morgan fingerprint density at radius 2 is 2.05 bits per heavy atom. The highest BCUT2D eigenvalue weighted by atomic mass is 32.2. The number of nitro groups is 1. The monoisotopic (exact) mass is 312 g/mol. The van der Waals surface area contributed by atoms with E-state index in [0.717, 1.165) is 10.6 Å². The molecule has 0 aliphatic heterocycles. The van der Waals surface area contributed by atoms with Crippen LogP contribution in [0.3, 0.4) is 0 Å². The van der Waals surface area contributed by atoms with Gasteiger partial charge in [0, 0.05) is 28.0 Å². The molecule has 0 heterocycles. The number of allylic oxidation sites excluding steroid dienone is 1. The summed E-state index contributed by atoms with van der Waals surface area (Å²) in [5, 5.41) is 19.8. The van der Waals surface area contributed by atoms with E-state index in [2.05, 4.69) is 0 Å². The maximum absolute atomic E-state index is 10.9. The van der Waals surface area contributed by atoms with Crippen LogP contribution < -0.4 is 4.74 Å². The largest absolute Gasteiger partial charge is 0.497 e. The van der Waals surface area contributed by atoms with Crippen molar-refractivity contribution < 1.29 is 9.66 Å². The van der Waals surface area contributed by atoms with Crippen molar-refractivity contribution >= 4 is 22.4 Å². The molecule has 0 spiro atoms. The first-order chi connectivity index (χ1) is 10.6. The molecule has 0 amide bonds. The minimum atomic E-state index is -0.453. The van der Waals surface area contributed by atoms with Gasteiger partial charge in [-0.2, -0.15) is 5.26 Å².